The Hall–Kier alpha value is -1.92. The molecule has 1 saturated carbocycles. The molecule has 32 heavy (non-hydrogen) atoms. The van der Waals surface area contributed by atoms with E-state index in [1.807, 2.05) is 0 Å². The van der Waals surface area contributed by atoms with Crippen molar-refractivity contribution in [3.05, 3.63) is 39.3 Å². The van der Waals surface area contributed by atoms with Crippen molar-refractivity contribution in [3.63, 3.8) is 0 Å². The number of aliphatic hydroxyl groups excluding tert-OH is 1. The van der Waals surface area contributed by atoms with Gasteiger partial charge in [0.1, 0.15) is 5.60 Å². The van der Waals surface area contributed by atoms with Crippen LogP contribution < -0.4 is 10.5 Å². The van der Waals surface area contributed by atoms with Crippen LogP contribution in [0.5, 0.6) is 0 Å². The number of hydrogen-bond donors (Lipinski definition) is 4. The Morgan fingerprint density at radius 3 is 2.81 bits per heavy atom. The van der Waals surface area contributed by atoms with Crippen molar-refractivity contribution in [1.82, 2.24) is 4.98 Å². The Bertz CT molecular complexity index is 1260. The Balaban J connectivity index is 1.49. The standard InChI is InChI=1S/C21H25FN4O4S2/c1-20(29,10-27)15-9-13(22)18(31-15)32(23,30)26-19(28)25-16-11-3-2-4-14(11)24-17-12(16)5-6-21(17)7-8-21/h9,27,29H,2-8,10H2,1H3,(H3,23,24,25,26,28,30)/t20-,32-/m0/s1. The first-order valence-corrected chi connectivity index (χ1v) is 13.0. The number of hydrogen-bond acceptors (Lipinski definition) is 6. The summed E-state index contributed by atoms with van der Waals surface area (Å²) < 4.78 is 30.6. The molecule has 0 bridgehead atoms. The molecule has 8 nitrogen and oxygen atoms in total. The Morgan fingerprint density at radius 1 is 1.38 bits per heavy atom. The van der Waals surface area contributed by atoms with Crippen LogP contribution in [-0.2, 0) is 40.2 Å². The van der Waals surface area contributed by atoms with E-state index < -0.39 is 38.2 Å². The molecule has 0 radical (unpaired) electrons. The topological polar surface area (TPSA) is 138 Å². The summed E-state index contributed by atoms with van der Waals surface area (Å²) in [7, 11) is -3.90. The van der Waals surface area contributed by atoms with E-state index in [9.17, 15) is 23.6 Å². The summed E-state index contributed by atoms with van der Waals surface area (Å²) >= 11 is 0.625. The summed E-state index contributed by atoms with van der Waals surface area (Å²) in [5, 5.41) is 28.0. The minimum absolute atomic E-state index is 0.0424. The van der Waals surface area contributed by atoms with E-state index in [4.69, 9.17) is 10.1 Å². The number of anilines is 1. The number of carbonyl (C=O) groups excluding carboxylic acids is 1. The van der Waals surface area contributed by atoms with E-state index in [-0.39, 0.29) is 10.3 Å². The zero-order chi connectivity index (χ0) is 22.9. The SMILES string of the molecule is C[C@](O)(CO)c1cc(F)c([S@@](N)(=O)=NC(=O)Nc2c3c(nc4c2CCC42CC2)CCC3)s1. The van der Waals surface area contributed by atoms with E-state index in [0.29, 0.717) is 17.0 Å². The summed E-state index contributed by atoms with van der Waals surface area (Å²) in [6, 6.07) is 0.0495. The van der Waals surface area contributed by atoms with Crippen molar-refractivity contribution in [1.29, 1.82) is 0 Å². The van der Waals surface area contributed by atoms with Crippen molar-refractivity contribution in [3.8, 4) is 0 Å². The number of aromatic nitrogens is 1. The third-order valence-corrected chi connectivity index (χ3v) is 10.0. The fourth-order valence-corrected chi connectivity index (χ4v) is 7.14. The molecule has 1 fully saturated rings. The van der Waals surface area contributed by atoms with Gasteiger partial charge in [-0.05, 0) is 69.1 Å². The van der Waals surface area contributed by atoms with Crippen LogP contribution in [0.2, 0.25) is 0 Å². The molecule has 0 aliphatic heterocycles. The van der Waals surface area contributed by atoms with Crippen LogP contribution >= 0.6 is 11.3 Å². The molecule has 2 aromatic rings. The molecule has 2 heterocycles. The third-order valence-electron chi connectivity index (χ3n) is 6.74. The second kappa shape index (κ2) is 7.29. The van der Waals surface area contributed by atoms with E-state index in [1.54, 1.807) is 0 Å². The first-order valence-electron chi connectivity index (χ1n) is 10.6. The van der Waals surface area contributed by atoms with Gasteiger partial charge in [0.25, 0.3) is 0 Å². The van der Waals surface area contributed by atoms with Crippen LogP contribution in [-0.4, -0.2) is 32.0 Å². The number of aliphatic hydroxyl groups is 2. The smallest absolute Gasteiger partial charge is 0.354 e. The van der Waals surface area contributed by atoms with Crippen LogP contribution in [0.4, 0.5) is 14.9 Å². The molecule has 2 amide bonds. The van der Waals surface area contributed by atoms with Gasteiger partial charge in [-0.25, -0.2) is 18.5 Å². The molecule has 172 valence electrons. The number of rotatable bonds is 4. The van der Waals surface area contributed by atoms with E-state index in [1.165, 1.54) is 6.92 Å². The molecule has 2 aromatic heterocycles. The number of nitrogens with one attached hydrogen (secondary N) is 1. The van der Waals surface area contributed by atoms with Crippen molar-refractivity contribution in [2.75, 3.05) is 11.9 Å². The van der Waals surface area contributed by atoms with Gasteiger partial charge < -0.3 is 15.5 Å². The van der Waals surface area contributed by atoms with Gasteiger partial charge in [0.15, 0.2) is 19.9 Å². The van der Waals surface area contributed by atoms with E-state index in [0.717, 1.165) is 73.5 Å². The molecular formula is C21H25FN4O4S2. The van der Waals surface area contributed by atoms with Gasteiger partial charge >= 0.3 is 6.03 Å². The van der Waals surface area contributed by atoms with Gasteiger partial charge in [-0.1, -0.05) is 0 Å². The molecule has 1 spiro atoms. The second-order valence-electron chi connectivity index (χ2n) is 9.14. The highest BCUT2D eigenvalue weighted by Gasteiger charge is 2.51. The summed E-state index contributed by atoms with van der Waals surface area (Å²) in [5.74, 6) is -0.941. The van der Waals surface area contributed by atoms with Gasteiger partial charge in [-0.15, -0.1) is 15.7 Å². The largest absolute Gasteiger partial charge is 0.393 e. The fraction of sp³-hybridized carbons (Fsp3) is 0.524. The maximum absolute atomic E-state index is 14.5. The predicted molar refractivity (Wildman–Crippen MR) is 118 cm³/mol. The average molecular weight is 481 g/mol. The maximum atomic E-state index is 14.5. The normalized spacial score (nSPS) is 21.5. The highest BCUT2D eigenvalue weighted by atomic mass is 32.2. The predicted octanol–water partition coefficient (Wildman–Crippen LogP) is 2.88. The number of pyridine rings is 1. The van der Waals surface area contributed by atoms with Crippen LogP contribution in [0.15, 0.2) is 14.6 Å². The van der Waals surface area contributed by atoms with Crippen molar-refractivity contribution < 1.29 is 23.6 Å². The summed E-state index contributed by atoms with van der Waals surface area (Å²) in [5.41, 5.74) is 3.22. The minimum atomic E-state index is -3.90. The highest BCUT2D eigenvalue weighted by molar-refractivity contribution is 7.93. The molecule has 0 aromatic carbocycles. The van der Waals surface area contributed by atoms with Gasteiger partial charge in [0, 0.05) is 16.0 Å². The molecule has 3 aliphatic rings. The Labute approximate surface area is 189 Å². The molecular weight excluding hydrogens is 455 g/mol. The second-order valence-corrected chi connectivity index (χ2v) is 12.2. The van der Waals surface area contributed by atoms with Gasteiger partial charge in [0.2, 0.25) is 0 Å². The minimum Gasteiger partial charge on any atom is -0.393 e. The monoisotopic (exact) mass is 480 g/mol. The third kappa shape index (κ3) is 3.47. The number of urea groups is 1. The van der Waals surface area contributed by atoms with Gasteiger partial charge in [0.05, 0.1) is 18.0 Å². The number of amides is 2. The van der Waals surface area contributed by atoms with Crippen LogP contribution in [0.25, 0.3) is 0 Å². The number of thiophene rings is 1. The molecule has 5 rings (SSSR count). The number of halogens is 1. The lowest BCUT2D eigenvalue weighted by atomic mass is 10.0. The lowest BCUT2D eigenvalue weighted by Gasteiger charge is -2.17. The van der Waals surface area contributed by atoms with Gasteiger partial charge in [-0.2, -0.15) is 0 Å². The lowest BCUT2D eigenvalue weighted by molar-refractivity contribution is 0.000654. The Morgan fingerprint density at radius 2 is 2.12 bits per heavy atom. The summed E-state index contributed by atoms with van der Waals surface area (Å²) in [6.45, 7) is 0.636. The number of fused-ring (bicyclic) bond motifs is 3. The van der Waals surface area contributed by atoms with Crippen molar-refractivity contribution >= 4 is 33.0 Å². The van der Waals surface area contributed by atoms with Gasteiger partial charge in [-0.3, -0.25) is 4.98 Å². The first kappa shape index (κ1) is 21.9. The molecule has 2 atom stereocenters. The zero-order valence-corrected chi connectivity index (χ0v) is 19.2. The number of carbonyl (C=O) groups is 1. The molecule has 5 N–H and O–H groups in total. The van der Waals surface area contributed by atoms with Crippen molar-refractivity contribution in [2.24, 2.45) is 9.50 Å². The van der Waals surface area contributed by atoms with Crippen molar-refractivity contribution in [2.45, 2.75) is 67.1 Å². The fourth-order valence-electron chi connectivity index (χ4n) is 4.77. The Kier molecular flexibility index (Phi) is 4.99. The molecule has 3 aliphatic carbocycles. The van der Waals surface area contributed by atoms with E-state index >= 15 is 0 Å². The summed E-state index contributed by atoms with van der Waals surface area (Å²) in [6.07, 6.45) is 6.67. The number of aryl methyl sites for hydroxylation is 1. The van der Waals surface area contributed by atoms with E-state index in [2.05, 4.69) is 9.68 Å². The lowest BCUT2D eigenvalue weighted by Crippen LogP contribution is -2.24. The maximum Gasteiger partial charge on any atom is 0.354 e. The van der Waals surface area contributed by atoms with Crippen LogP contribution in [0.3, 0.4) is 0 Å². The number of nitrogens with zero attached hydrogens (tertiary/aromatic N) is 2. The molecule has 0 unspecified atom stereocenters. The zero-order valence-electron chi connectivity index (χ0n) is 17.6. The average Bonchev–Trinajstić information content (AvgIpc) is 3.03. The number of nitrogens with two attached hydrogens (primary N) is 1. The molecule has 0 saturated heterocycles. The quantitative estimate of drug-likeness (QED) is 0.533. The summed E-state index contributed by atoms with van der Waals surface area (Å²) in [4.78, 5) is 17.8. The highest BCUT2D eigenvalue weighted by Crippen LogP contribution is 2.58. The first-order chi connectivity index (χ1) is 15.1. The van der Waals surface area contributed by atoms with Crippen LogP contribution in [0.1, 0.15) is 60.0 Å². The molecule has 11 heteroatoms. The van der Waals surface area contributed by atoms with Crippen LogP contribution in [0, 0.1) is 5.82 Å².